The monoisotopic (exact) mass is 457 g/mol. The number of anilines is 1. The van der Waals surface area contributed by atoms with Gasteiger partial charge in [-0.2, -0.15) is 13.2 Å². The molecule has 1 atom stereocenters. The van der Waals surface area contributed by atoms with Crippen molar-refractivity contribution in [1.29, 1.82) is 0 Å². The molecule has 1 fully saturated rings. The van der Waals surface area contributed by atoms with Crippen molar-refractivity contribution < 1.29 is 27.9 Å². The van der Waals surface area contributed by atoms with E-state index in [1.165, 1.54) is 36.4 Å². The summed E-state index contributed by atoms with van der Waals surface area (Å²) in [7, 11) is 0. The second kappa shape index (κ2) is 8.16. The first-order valence-electron chi connectivity index (χ1n) is 9.47. The molecule has 4 nitrogen and oxygen atoms in total. The SMILES string of the molecule is O=C1C(=O)N(c2cccc(C(F)(F)F)c2)[C@H](c2ccccc2)/C1=C(\O)c1ccc(Cl)cc1. The van der Waals surface area contributed by atoms with Gasteiger partial charge in [0.1, 0.15) is 5.76 Å². The van der Waals surface area contributed by atoms with E-state index in [9.17, 15) is 27.9 Å². The van der Waals surface area contributed by atoms with Crippen LogP contribution in [0.1, 0.15) is 22.7 Å². The summed E-state index contributed by atoms with van der Waals surface area (Å²) in [6.07, 6.45) is -4.63. The van der Waals surface area contributed by atoms with Crippen LogP contribution in [0, 0.1) is 0 Å². The van der Waals surface area contributed by atoms with Crippen molar-refractivity contribution in [2.24, 2.45) is 0 Å². The Kier molecular flexibility index (Phi) is 5.52. The zero-order chi connectivity index (χ0) is 23.0. The van der Waals surface area contributed by atoms with Crippen LogP contribution < -0.4 is 4.90 Å². The van der Waals surface area contributed by atoms with Crippen molar-refractivity contribution in [3.8, 4) is 0 Å². The standard InChI is InChI=1S/C24H15ClF3NO3/c25-17-11-9-15(10-12-17)21(30)19-20(14-5-2-1-3-6-14)29(23(32)22(19)31)18-8-4-7-16(13-18)24(26,27)28/h1-13,20,30H/b21-19+/t20-/m1/s1. The van der Waals surface area contributed by atoms with Crippen LogP contribution in [0.15, 0.2) is 84.4 Å². The van der Waals surface area contributed by atoms with E-state index < -0.39 is 35.2 Å². The van der Waals surface area contributed by atoms with E-state index in [4.69, 9.17) is 11.6 Å². The highest BCUT2D eigenvalue weighted by atomic mass is 35.5. The fourth-order valence-electron chi connectivity index (χ4n) is 3.64. The largest absolute Gasteiger partial charge is 0.507 e. The van der Waals surface area contributed by atoms with Gasteiger partial charge in [0.05, 0.1) is 17.2 Å². The lowest BCUT2D eigenvalue weighted by Crippen LogP contribution is -2.29. The number of carbonyl (C=O) groups excluding carboxylic acids is 2. The number of nitrogens with zero attached hydrogens (tertiary/aromatic N) is 1. The molecule has 0 bridgehead atoms. The number of ketones is 1. The molecule has 162 valence electrons. The van der Waals surface area contributed by atoms with Gasteiger partial charge in [-0.15, -0.1) is 0 Å². The number of halogens is 4. The maximum absolute atomic E-state index is 13.3. The van der Waals surface area contributed by atoms with E-state index in [0.29, 0.717) is 10.6 Å². The third kappa shape index (κ3) is 3.87. The van der Waals surface area contributed by atoms with Gasteiger partial charge in [-0.3, -0.25) is 14.5 Å². The summed E-state index contributed by atoms with van der Waals surface area (Å²) in [6, 6.07) is 17.4. The van der Waals surface area contributed by atoms with Crippen LogP contribution in [0.2, 0.25) is 5.02 Å². The lowest BCUT2D eigenvalue weighted by molar-refractivity contribution is -0.137. The molecule has 3 aromatic rings. The molecule has 0 aromatic heterocycles. The maximum atomic E-state index is 13.3. The Morgan fingerprint density at radius 3 is 2.19 bits per heavy atom. The summed E-state index contributed by atoms with van der Waals surface area (Å²) in [5.41, 5.74) is -0.578. The molecule has 3 aromatic carbocycles. The molecule has 1 amide bonds. The first-order valence-corrected chi connectivity index (χ1v) is 9.85. The van der Waals surface area contributed by atoms with Crippen LogP contribution in [-0.4, -0.2) is 16.8 Å². The fraction of sp³-hybridized carbons (Fsp3) is 0.0833. The number of rotatable bonds is 3. The number of alkyl halides is 3. The molecule has 0 spiro atoms. The van der Waals surface area contributed by atoms with Crippen LogP contribution in [0.25, 0.3) is 5.76 Å². The van der Waals surface area contributed by atoms with E-state index in [2.05, 4.69) is 0 Å². The number of hydrogen-bond donors (Lipinski definition) is 1. The Morgan fingerprint density at radius 1 is 0.906 bits per heavy atom. The second-order valence-electron chi connectivity index (χ2n) is 7.13. The summed E-state index contributed by atoms with van der Waals surface area (Å²) < 4.78 is 39.8. The molecule has 0 radical (unpaired) electrons. The van der Waals surface area contributed by atoms with Gasteiger partial charge < -0.3 is 5.11 Å². The Balaban J connectivity index is 1.93. The molecule has 0 unspecified atom stereocenters. The fourth-order valence-corrected chi connectivity index (χ4v) is 3.77. The van der Waals surface area contributed by atoms with Gasteiger partial charge in [0.25, 0.3) is 11.7 Å². The van der Waals surface area contributed by atoms with Crippen LogP contribution in [-0.2, 0) is 15.8 Å². The first kappa shape index (κ1) is 21.6. The average Bonchev–Trinajstić information content (AvgIpc) is 3.04. The van der Waals surface area contributed by atoms with Crippen molar-refractivity contribution in [3.05, 3.63) is 106 Å². The Labute approximate surface area is 186 Å². The van der Waals surface area contributed by atoms with Crippen LogP contribution in [0.3, 0.4) is 0 Å². The average molecular weight is 458 g/mol. The number of aliphatic hydroxyl groups is 1. The highest BCUT2D eigenvalue weighted by Gasteiger charge is 2.47. The van der Waals surface area contributed by atoms with E-state index in [1.807, 2.05) is 0 Å². The smallest absolute Gasteiger partial charge is 0.416 e. The van der Waals surface area contributed by atoms with Crippen molar-refractivity contribution in [2.45, 2.75) is 12.2 Å². The second-order valence-corrected chi connectivity index (χ2v) is 7.57. The zero-order valence-electron chi connectivity index (χ0n) is 16.3. The first-order chi connectivity index (χ1) is 15.2. The summed E-state index contributed by atoms with van der Waals surface area (Å²) in [5.74, 6) is -2.47. The molecule has 8 heteroatoms. The van der Waals surface area contributed by atoms with Crippen LogP contribution in [0.4, 0.5) is 18.9 Å². The maximum Gasteiger partial charge on any atom is 0.416 e. The molecule has 1 aliphatic rings. The van der Waals surface area contributed by atoms with Crippen LogP contribution >= 0.6 is 11.6 Å². The Hall–Kier alpha value is -3.58. The number of carbonyl (C=O) groups is 2. The molecular formula is C24H15ClF3NO3. The minimum absolute atomic E-state index is 0.106. The van der Waals surface area contributed by atoms with Crippen LogP contribution in [0.5, 0.6) is 0 Å². The lowest BCUT2D eigenvalue weighted by atomic mass is 9.95. The molecule has 1 heterocycles. The van der Waals surface area contributed by atoms with Gasteiger partial charge in [-0.05, 0) is 48.0 Å². The van der Waals surface area contributed by atoms with Gasteiger partial charge >= 0.3 is 6.18 Å². The third-order valence-corrected chi connectivity index (χ3v) is 5.38. The topological polar surface area (TPSA) is 57.6 Å². The number of benzene rings is 3. The van der Waals surface area contributed by atoms with Crippen molar-refractivity contribution in [3.63, 3.8) is 0 Å². The number of amides is 1. The summed E-state index contributed by atoms with van der Waals surface area (Å²) in [5, 5.41) is 11.3. The van der Waals surface area contributed by atoms with Gasteiger partial charge in [0.2, 0.25) is 0 Å². The molecule has 0 aliphatic carbocycles. The third-order valence-electron chi connectivity index (χ3n) is 5.13. The quantitative estimate of drug-likeness (QED) is 0.299. The molecule has 32 heavy (non-hydrogen) atoms. The molecule has 0 saturated carbocycles. The van der Waals surface area contributed by atoms with E-state index in [1.54, 1.807) is 30.3 Å². The number of aliphatic hydroxyl groups excluding tert-OH is 1. The highest BCUT2D eigenvalue weighted by Crippen LogP contribution is 2.43. The normalized spacial score (nSPS) is 18.2. The molecular weight excluding hydrogens is 443 g/mol. The van der Waals surface area contributed by atoms with Gasteiger partial charge in [-0.1, -0.05) is 48.0 Å². The molecule has 1 N–H and O–H groups in total. The van der Waals surface area contributed by atoms with E-state index in [-0.39, 0.29) is 16.8 Å². The molecule has 1 saturated heterocycles. The minimum Gasteiger partial charge on any atom is -0.507 e. The molecule has 1 aliphatic heterocycles. The highest BCUT2D eigenvalue weighted by molar-refractivity contribution is 6.51. The predicted octanol–water partition coefficient (Wildman–Crippen LogP) is 5.99. The van der Waals surface area contributed by atoms with Gasteiger partial charge in [-0.25, -0.2) is 0 Å². The Morgan fingerprint density at radius 2 is 1.56 bits per heavy atom. The lowest BCUT2D eigenvalue weighted by Gasteiger charge is -2.26. The Bertz CT molecular complexity index is 1220. The van der Waals surface area contributed by atoms with E-state index >= 15 is 0 Å². The zero-order valence-corrected chi connectivity index (χ0v) is 17.1. The predicted molar refractivity (Wildman–Crippen MR) is 114 cm³/mol. The van der Waals surface area contributed by atoms with Crippen molar-refractivity contribution >= 4 is 34.7 Å². The van der Waals surface area contributed by atoms with Crippen molar-refractivity contribution in [2.75, 3.05) is 4.90 Å². The number of hydrogen-bond acceptors (Lipinski definition) is 3. The summed E-state index contributed by atoms with van der Waals surface area (Å²) >= 11 is 5.89. The van der Waals surface area contributed by atoms with Gasteiger partial charge in [0, 0.05) is 16.3 Å². The van der Waals surface area contributed by atoms with Gasteiger partial charge in [0.15, 0.2) is 0 Å². The minimum atomic E-state index is -4.63. The molecule has 4 rings (SSSR count). The van der Waals surface area contributed by atoms with Crippen molar-refractivity contribution in [1.82, 2.24) is 0 Å². The summed E-state index contributed by atoms with van der Waals surface area (Å²) in [4.78, 5) is 26.9. The number of Topliss-reactive ketones (excluding diaryl/α,β-unsaturated/α-hetero) is 1. The van der Waals surface area contributed by atoms with E-state index in [0.717, 1.165) is 17.0 Å². The summed E-state index contributed by atoms with van der Waals surface area (Å²) in [6.45, 7) is 0.